The highest BCUT2D eigenvalue weighted by atomic mass is 32.2. The van der Waals surface area contributed by atoms with E-state index in [1.165, 1.54) is 12.1 Å². The van der Waals surface area contributed by atoms with Gasteiger partial charge in [-0.15, -0.1) is 10.2 Å². The molecule has 6 nitrogen and oxygen atoms in total. The highest BCUT2D eigenvalue weighted by Crippen LogP contribution is 2.34. The molecule has 0 saturated carbocycles. The molecule has 2 N–H and O–H groups in total. The lowest BCUT2D eigenvalue weighted by atomic mass is 10.1. The Labute approximate surface area is 154 Å². The van der Waals surface area contributed by atoms with Gasteiger partial charge in [-0.3, -0.25) is 9.20 Å². The molecule has 138 valence electrons. The normalized spacial score (nSPS) is 12.1. The molecular formula is C17H12F3N5OS. The second kappa shape index (κ2) is 6.31. The number of nitrogens with two attached hydrogens (primary N) is 1. The van der Waals surface area contributed by atoms with E-state index in [1.807, 2.05) is 0 Å². The number of fused-ring (bicyclic) bond motifs is 3. The van der Waals surface area contributed by atoms with Crippen LogP contribution in [0, 0.1) is 0 Å². The van der Waals surface area contributed by atoms with Crippen LogP contribution in [0.1, 0.15) is 11.1 Å². The summed E-state index contributed by atoms with van der Waals surface area (Å²) in [4.78, 5) is 12.3. The number of aromatic nitrogens is 4. The topological polar surface area (TPSA) is 78.2 Å². The van der Waals surface area contributed by atoms with Gasteiger partial charge < -0.3 is 5.84 Å². The summed E-state index contributed by atoms with van der Waals surface area (Å²) in [7, 11) is 0. The number of halogens is 3. The summed E-state index contributed by atoms with van der Waals surface area (Å²) in [5, 5.41) is 8.64. The molecular weight excluding hydrogens is 379 g/mol. The largest absolute Gasteiger partial charge is 0.416 e. The minimum absolute atomic E-state index is 0.0362. The number of hydrogen-bond donors (Lipinski definition) is 1. The molecule has 27 heavy (non-hydrogen) atoms. The van der Waals surface area contributed by atoms with Crippen molar-refractivity contribution in [1.82, 2.24) is 19.3 Å². The summed E-state index contributed by atoms with van der Waals surface area (Å²) in [5.41, 5.74) is -0.440. The van der Waals surface area contributed by atoms with Gasteiger partial charge in [0.2, 0.25) is 0 Å². The molecule has 0 spiro atoms. The Morgan fingerprint density at radius 3 is 2.52 bits per heavy atom. The highest BCUT2D eigenvalue weighted by Gasteiger charge is 2.32. The van der Waals surface area contributed by atoms with Gasteiger partial charge in [-0.1, -0.05) is 42.1 Å². The van der Waals surface area contributed by atoms with Crippen molar-refractivity contribution in [3.8, 4) is 0 Å². The number of thioether (sulfide) groups is 1. The van der Waals surface area contributed by atoms with Crippen molar-refractivity contribution in [1.29, 1.82) is 0 Å². The zero-order valence-electron chi connectivity index (χ0n) is 13.6. The van der Waals surface area contributed by atoms with E-state index in [9.17, 15) is 18.0 Å². The van der Waals surface area contributed by atoms with Crippen LogP contribution < -0.4 is 11.4 Å². The van der Waals surface area contributed by atoms with E-state index in [0.29, 0.717) is 16.1 Å². The average molecular weight is 391 g/mol. The first-order valence-electron chi connectivity index (χ1n) is 7.80. The molecule has 4 rings (SSSR count). The van der Waals surface area contributed by atoms with E-state index in [2.05, 4.69) is 10.2 Å². The number of nitrogen functional groups attached to an aromatic ring is 1. The Hall–Kier alpha value is -3.01. The van der Waals surface area contributed by atoms with Crippen LogP contribution in [0.5, 0.6) is 0 Å². The van der Waals surface area contributed by atoms with Crippen molar-refractivity contribution in [3.63, 3.8) is 0 Å². The van der Waals surface area contributed by atoms with Gasteiger partial charge in [-0.25, -0.2) is 0 Å². The third kappa shape index (κ3) is 2.91. The molecule has 10 heteroatoms. The van der Waals surface area contributed by atoms with Crippen LogP contribution in [-0.2, 0) is 11.9 Å². The van der Waals surface area contributed by atoms with Gasteiger partial charge in [0.15, 0.2) is 5.16 Å². The molecule has 0 aliphatic carbocycles. The van der Waals surface area contributed by atoms with Crippen LogP contribution in [0.25, 0.3) is 16.7 Å². The zero-order chi connectivity index (χ0) is 19.2. The summed E-state index contributed by atoms with van der Waals surface area (Å²) in [6.45, 7) is 0. The van der Waals surface area contributed by atoms with Crippen molar-refractivity contribution < 1.29 is 13.2 Å². The average Bonchev–Trinajstić information content (AvgIpc) is 3.08. The minimum atomic E-state index is -4.44. The molecule has 0 amide bonds. The second-order valence-electron chi connectivity index (χ2n) is 5.75. The summed E-state index contributed by atoms with van der Waals surface area (Å²) in [6.07, 6.45) is -4.44. The molecule has 0 atom stereocenters. The van der Waals surface area contributed by atoms with E-state index in [-0.39, 0.29) is 17.1 Å². The van der Waals surface area contributed by atoms with Crippen LogP contribution in [0.15, 0.2) is 58.5 Å². The van der Waals surface area contributed by atoms with Crippen LogP contribution in [0.2, 0.25) is 0 Å². The number of rotatable bonds is 3. The lowest BCUT2D eigenvalue weighted by molar-refractivity contribution is -0.138. The van der Waals surface area contributed by atoms with Crippen LogP contribution >= 0.6 is 11.8 Å². The van der Waals surface area contributed by atoms with E-state index in [1.54, 1.807) is 34.7 Å². The molecule has 4 aromatic rings. The number of benzene rings is 2. The Morgan fingerprint density at radius 2 is 1.74 bits per heavy atom. The van der Waals surface area contributed by atoms with Crippen molar-refractivity contribution >= 4 is 28.4 Å². The monoisotopic (exact) mass is 391 g/mol. The smallest absolute Gasteiger partial charge is 0.333 e. The number of alkyl halides is 3. The van der Waals surface area contributed by atoms with Gasteiger partial charge >= 0.3 is 6.18 Å². The van der Waals surface area contributed by atoms with Gasteiger partial charge in [0.05, 0.1) is 16.5 Å². The van der Waals surface area contributed by atoms with Gasteiger partial charge in [0.1, 0.15) is 0 Å². The third-order valence-corrected chi connectivity index (χ3v) is 5.08. The Morgan fingerprint density at radius 1 is 1.04 bits per heavy atom. The van der Waals surface area contributed by atoms with Crippen molar-refractivity contribution in [2.75, 3.05) is 5.84 Å². The number of hydrogen-bond acceptors (Lipinski definition) is 5. The first-order valence-corrected chi connectivity index (χ1v) is 8.78. The van der Waals surface area contributed by atoms with Crippen LogP contribution in [0.3, 0.4) is 0 Å². The maximum atomic E-state index is 13.2. The molecule has 0 fully saturated rings. The van der Waals surface area contributed by atoms with Crippen LogP contribution in [0.4, 0.5) is 13.2 Å². The van der Waals surface area contributed by atoms with Crippen molar-refractivity contribution in [2.45, 2.75) is 17.1 Å². The summed E-state index contributed by atoms with van der Waals surface area (Å²) >= 11 is 1.09. The first-order chi connectivity index (χ1) is 12.9. The fourth-order valence-corrected chi connectivity index (χ4v) is 3.80. The van der Waals surface area contributed by atoms with Gasteiger partial charge in [-0.2, -0.15) is 17.8 Å². The lowest BCUT2D eigenvalue weighted by Crippen LogP contribution is -2.29. The van der Waals surface area contributed by atoms with E-state index < -0.39 is 17.3 Å². The molecule has 2 heterocycles. The van der Waals surface area contributed by atoms with Gasteiger partial charge in [0.25, 0.3) is 11.3 Å². The Balaban J connectivity index is 1.80. The van der Waals surface area contributed by atoms with Gasteiger partial charge in [0, 0.05) is 5.75 Å². The quantitative estimate of drug-likeness (QED) is 0.429. The van der Waals surface area contributed by atoms with E-state index in [4.69, 9.17) is 5.84 Å². The molecule has 2 aromatic heterocycles. The van der Waals surface area contributed by atoms with E-state index >= 15 is 0 Å². The van der Waals surface area contributed by atoms with E-state index in [0.717, 1.165) is 22.5 Å². The Bertz CT molecular complexity index is 1210. The predicted molar refractivity (Wildman–Crippen MR) is 95.9 cm³/mol. The predicted octanol–water partition coefficient (Wildman–Crippen LogP) is 3.07. The molecule has 0 aliphatic heterocycles. The zero-order valence-corrected chi connectivity index (χ0v) is 14.5. The SMILES string of the molecule is Nn1c(=O)c2ccccc2n2c(SCc3ccccc3C(F)(F)F)nnc12. The van der Waals surface area contributed by atoms with Crippen LogP contribution in [-0.4, -0.2) is 19.3 Å². The Kier molecular flexibility index (Phi) is 4.06. The molecule has 2 aromatic carbocycles. The summed E-state index contributed by atoms with van der Waals surface area (Å²) < 4.78 is 42.0. The lowest BCUT2D eigenvalue weighted by Gasteiger charge is -2.12. The molecule has 0 saturated heterocycles. The van der Waals surface area contributed by atoms with Gasteiger partial charge in [-0.05, 0) is 23.8 Å². The molecule has 0 unspecified atom stereocenters. The minimum Gasteiger partial charge on any atom is -0.333 e. The standard InChI is InChI=1S/C17H12F3N5OS/c18-17(19,20)12-7-3-1-5-10(12)9-27-16-23-22-15-24(16)13-8-4-2-6-11(13)14(26)25(15)21/h1-8H,9,21H2. The fraction of sp³-hybridized carbons (Fsp3) is 0.118. The number of para-hydroxylation sites is 1. The first kappa shape index (κ1) is 17.4. The molecule has 0 aliphatic rings. The maximum absolute atomic E-state index is 13.2. The molecule has 0 bridgehead atoms. The highest BCUT2D eigenvalue weighted by molar-refractivity contribution is 7.98. The molecule has 0 radical (unpaired) electrons. The summed E-state index contributed by atoms with van der Waals surface area (Å²) in [5.74, 6) is 5.96. The van der Waals surface area contributed by atoms with Crippen molar-refractivity contribution in [2.24, 2.45) is 0 Å². The fourth-order valence-electron chi connectivity index (χ4n) is 2.86. The van der Waals surface area contributed by atoms with Crippen molar-refractivity contribution in [3.05, 3.63) is 70.0 Å². The third-order valence-electron chi connectivity index (χ3n) is 4.11. The summed E-state index contributed by atoms with van der Waals surface area (Å²) in [6, 6.07) is 12.2. The maximum Gasteiger partial charge on any atom is 0.416 e. The number of nitrogens with zero attached hydrogens (tertiary/aromatic N) is 4. The second-order valence-corrected chi connectivity index (χ2v) is 6.70.